The van der Waals surface area contributed by atoms with Crippen molar-refractivity contribution in [3.05, 3.63) is 23.2 Å². The molecule has 0 atom stereocenters. The molecule has 2 aromatic rings. The number of nitrogens with zero attached hydrogens (tertiary/aromatic N) is 3. The molecule has 0 spiro atoms. The Hall–Kier alpha value is -2.08. The summed E-state index contributed by atoms with van der Waals surface area (Å²) >= 11 is 5.98. The summed E-state index contributed by atoms with van der Waals surface area (Å²) < 4.78 is 1.82. The molecule has 6 nitrogen and oxygen atoms in total. The fourth-order valence-corrected chi connectivity index (χ4v) is 3.10. The lowest BCUT2D eigenvalue weighted by atomic mass is 10.2. The van der Waals surface area contributed by atoms with Crippen LogP contribution in [0.1, 0.15) is 46.0 Å². The van der Waals surface area contributed by atoms with Crippen LogP contribution in [0.15, 0.2) is 18.2 Å². The second-order valence-corrected chi connectivity index (χ2v) is 6.85. The number of rotatable bonds is 9. The highest BCUT2D eigenvalue weighted by Gasteiger charge is 2.14. The van der Waals surface area contributed by atoms with E-state index in [0.29, 0.717) is 30.2 Å². The van der Waals surface area contributed by atoms with E-state index in [1.165, 1.54) is 0 Å². The fraction of sp³-hybridized carbons (Fsp3) is 0.526. The molecular weight excluding hydrogens is 352 g/mol. The second-order valence-electron chi connectivity index (χ2n) is 6.41. The van der Waals surface area contributed by atoms with Gasteiger partial charge in [-0.05, 0) is 37.5 Å². The Morgan fingerprint density at radius 1 is 1.19 bits per heavy atom. The first-order valence-corrected chi connectivity index (χ1v) is 9.53. The smallest absolute Gasteiger partial charge is 0.226 e. The zero-order valence-electron chi connectivity index (χ0n) is 15.7. The zero-order valence-corrected chi connectivity index (χ0v) is 16.5. The lowest BCUT2D eigenvalue weighted by Crippen LogP contribution is -2.32. The van der Waals surface area contributed by atoms with E-state index in [9.17, 15) is 9.59 Å². The van der Waals surface area contributed by atoms with Gasteiger partial charge in [0, 0.05) is 38.0 Å². The molecule has 2 rings (SSSR count). The number of aromatic nitrogens is 2. The van der Waals surface area contributed by atoms with Crippen LogP contribution in [0.5, 0.6) is 0 Å². The molecular formula is C19H27ClN4O2. The third kappa shape index (κ3) is 5.21. The Morgan fingerprint density at radius 3 is 2.54 bits per heavy atom. The third-order valence-corrected chi connectivity index (χ3v) is 4.46. The molecule has 1 aromatic heterocycles. The maximum atomic E-state index is 12.2. The molecule has 142 valence electrons. The zero-order chi connectivity index (χ0) is 19.1. The van der Waals surface area contributed by atoms with Crippen LogP contribution in [-0.2, 0) is 16.6 Å². The molecule has 1 aromatic carbocycles. The van der Waals surface area contributed by atoms with Gasteiger partial charge in [0.05, 0.1) is 11.0 Å². The Bertz CT molecular complexity index is 766. The SMILES string of the molecule is CCCN(CCC)C(=O)CCCC(=O)Nc1nc2cc(Cl)ccc2n1C. The molecule has 0 fully saturated rings. The number of fused-ring (bicyclic) bond motifs is 1. The topological polar surface area (TPSA) is 67.2 Å². The third-order valence-electron chi connectivity index (χ3n) is 4.23. The molecule has 26 heavy (non-hydrogen) atoms. The lowest BCUT2D eigenvalue weighted by molar-refractivity contribution is -0.131. The number of carbonyl (C=O) groups excluding carboxylic acids is 2. The van der Waals surface area contributed by atoms with E-state index in [1.54, 1.807) is 12.1 Å². The number of amides is 2. The predicted octanol–water partition coefficient (Wildman–Crippen LogP) is 3.98. The van der Waals surface area contributed by atoms with Gasteiger partial charge in [-0.2, -0.15) is 0 Å². The van der Waals surface area contributed by atoms with Gasteiger partial charge >= 0.3 is 0 Å². The Labute approximate surface area is 159 Å². The van der Waals surface area contributed by atoms with Crippen LogP contribution in [-0.4, -0.2) is 39.4 Å². The highest BCUT2D eigenvalue weighted by Crippen LogP contribution is 2.22. The van der Waals surface area contributed by atoms with Gasteiger partial charge in [0.2, 0.25) is 17.8 Å². The van der Waals surface area contributed by atoms with Gasteiger partial charge in [-0.1, -0.05) is 25.4 Å². The number of aryl methyl sites for hydroxylation is 1. The number of imidazole rings is 1. The quantitative estimate of drug-likeness (QED) is 0.717. The Balaban J connectivity index is 1.87. The van der Waals surface area contributed by atoms with Crippen molar-refractivity contribution < 1.29 is 9.59 Å². The largest absolute Gasteiger partial charge is 0.343 e. The van der Waals surface area contributed by atoms with Crippen LogP contribution in [0.2, 0.25) is 5.02 Å². The van der Waals surface area contributed by atoms with E-state index < -0.39 is 0 Å². The summed E-state index contributed by atoms with van der Waals surface area (Å²) in [5, 5.41) is 3.42. The average Bonchev–Trinajstić information content (AvgIpc) is 2.89. The summed E-state index contributed by atoms with van der Waals surface area (Å²) in [6, 6.07) is 5.43. The number of hydrogen-bond acceptors (Lipinski definition) is 3. The minimum atomic E-state index is -0.139. The van der Waals surface area contributed by atoms with Gasteiger partial charge in [0.15, 0.2) is 0 Å². The summed E-state index contributed by atoms with van der Waals surface area (Å²) in [5.74, 6) is 0.468. The summed E-state index contributed by atoms with van der Waals surface area (Å²) in [6.45, 7) is 5.68. The van der Waals surface area contributed by atoms with Crippen molar-refractivity contribution in [1.29, 1.82) is 0 Å². The Kier molecular flexibility index (Phi) is 7.45. The minimum Gasteiger partial charge on any atom is -0.343 e. The van der Waals surface area contributed by atoms with Crippen molar-refractivity contribution in [2.75, 3.05) is 18.4 Å². The van der Waals surface area contributed by atoms with E-state index >= 15 is 0 Å². The van der Waals surface area contributed by atoms with Gasteiger partial charge in [-0.15, -0.1) is 0 Å². The molecule has 0 saturated carbocycles. The number of hydrogen-bond donors (Lipinski definition) is 1. The van der Waals surface area contributed by atoms with Crippen molar-refractivity contribution >= 4 is 40.4 Å². The number of carbonyl (C=O) groups is 2. The standard InChI is InChI=1S/C19H27ClN4O2/c1-4-11-24(12-5-2)18(26)8-6-7-17(25)22-19-21-15-13-14(20)9-10-16(15)23(19)3/h9-10,13H,4-8,11-12H2,1-3H3,(H,21,22,25). The molecule has 0 aliphatic heterocycles. The van der Waals surface area contributed by atoms with Crippen LogP contribution in [0, 0.1) is 0 Å². The number of anilines is 1. The second kappa shape index (κ2) is 9.57. The minimum absolute atomic E-state index is 0.124. The van der Waals surface area contributed by atoms with Gasteiger partial charge in [0.25, 0.3) is 0 Å². The lowest BCUT2D eigenvalue weighted by Gasteiger charge is -2.21. The van der Waals surface area contributed by atoms with E-state index in [0.717, 1.165) is 37.0 Å². The van der Waals surface area contributed by atoms with E-state index in [2.05, 4.69) is 24.1 Å². The van der Waals surface area contributed by atoms with Gasteiger partial charge < -0.3 is 9.47 Å². The van der Waals surface area contributed by atoms with Crippen LogP contribution in [0.25, 0.3) is 11.0 Å². The van der Waals surface area contributed by atoms with E-state index in [1.807, 2.05) is 22.6 Å². The van der Waals surface area contributed by atoms with Crippen LogP contribution in [0.3, 0.4) is 0 Å². The summed E-state index contributed by atoms with van der Waals surface area (Å²) in [6.07, 6.45) is 3.11. The monoisotopic (exact) mass is 378 g/mol. The molecule has 0 saturated heterocycles. The fourth-order valence-electron chi connectivity index (χ4n) is 2.93. The molecule has 0 unspecified atom stereocenters. The number of benzene rings is 1. The summed E-state index contributed by atoms with van der Waals surface area (Å²) in [7, 11) is 1.84. The van der Waals surface area contributed by atoms with Crippen molar-refractivity contribution in [2.24, 2.45) is 7.05 Å². The molecule has 0 radical (unpaired) electrons. The maximum absolute atomic E-state index is 12.2. The molecule has 2 amide bonds. The maximum Gasteiger partial charge on any atom is 0.226 e. The average molecular weight is 379 g/mol. The van der Waals surface area contributed by atoms with Crippen molar-refractivity contribution in [3.8, 4) is 0 Å². The van der Waals surface area contributed by atoms with E-state index in [4.69, 9.17) is 11.6 Å². The van der Waals surface area contributed by atoms with Crippen LogP contribution < -0.4 is 5.32 Å². The molecule has 7 heteroatoms. The first-order valence-electron chi connectivity index (χ1n) is 9.15. The number of halogens is 1. The normalized spacial score (nSPS) is 10.9. The van der Waals surface area contributed by atoms with Crippen molar-refractivity contribution in [2.45, 2.75) is 46.0 Å². The predicted molar refractivity (Wildman–Crippen MR) is 105 cm³/mol. The van der Waals surface area contributed by atoms with Gasteiger partial charge in [-0.3, -0.25) is 14.9 Å². The first-order chi connectivity index (χ1) is 12.5. The molecule has 0 aliphatic rings. The summed E-state index contributed by atoms with van der Waals surface area (Å²) in [4.78, 5) is 30.7. The number of nitrogens with one attached hydrogen (secondary N) is 1. The molecule has 1 N–H and O–H groups in total. The molecule has 0 aliphatic carbocycles. The summed E-state index contributed by atoms with van der Waals surface area (Å²) in [5.41, 5.74) is 1.63. The van der Waals surface area contributed by atoms with Gasteiger partial charge in [-0.25, -0.2) is 4.98 Å². The van der Waals surface area contributed by atoms with Crippen molar-refractivity contribution in [1.82, 2.24) is 14.5 Å². The molecule has 0 bridgehead atoms. The van der Waals surface area contributed by atoms with Crippen LogP contribution >= 0.6 is 11.6 Å². The molecule has 1 heterocycles. The van der Waals surface area contributed by atoms with Gasteiger partial charge in [0.1, 0.15) is 0 Å². The van der Waals surface area contributed by atoms with Crippen LogP contribution in [0.4, 0.5) is 5.95 Å². The van der Waals surface area contributed by atoms with Crippen molar-refractivity contribution in [3.63, 3.8) is 0 Å². The Morgan fingerprint density at radius 2 is 1.88 bits per heavy atom. The highest BCUT2D eigenvalue weighted by molar-refractivity contribution is 6.31. The van der Waals surface area contributed by atoms with E-state index in [-0.39, 0.29) is 11.8 Å². The first kappa shape index (κ1) is 20.2. The highest BCUT2D eigenvalue weighted by atomic mass is 35.5.